The van der Waals surface area contributed by atoms with E-state index in [9.17, 15) is 4.79 Å². The van der Waals surface area contributed by atoms with Gasteiger partial charge < -0.3 is 4.84 Å². The lowest BCUT2D eigenvalue weighted by Crippen LogP contribution is -2.14. The summed E-state index contributed by atoms with van der Waals surface area (Å²) in [5.41, 5.74) is 0.0213. The molecule has 0 N–H and O–H groups in total. The summed E-state index contributed by atoms with van der Waals surface area (Å²) < 4.78 is 1.62. The van der Waals surface area contributed by atoms with Crippen molar-refractivity contribution in [3.63, 3.8) is 0 Å². The minimum absolute atomic E-state index is 0.0213. The molecule has 3 nitrogen and oxygen atoms in total. The maximum absolute atomic E-state index is 11.0. The van der Waals surface area contributed by atoms with Crippen LogP contribution >= 0.6 is 0 Å². The van der Waals surface area contributed by atoms with Gasteiger partial charge in [0, 0.05) is 24.5 Å². The average molecular weight is 392 g/mol. The molecular weight excluding hydrogens is 346 g/mol. The Morgan fingerprint density at radius 1 is 0.607 bits per heavy atom. The lowest BCUT2D eigenvalue weighted by atomic mass is 10.0. The van der Waals surface area contributed by atoms with Crippen molar-refractivity contribution >= 4 is 0 Å². The number of rotatable bonds is 20. The van der Waals surface area contributed by atoms with Gasteiger partial charge in [0.1, 0.15) is 6.61 Å². The molecule has 1 aromatic heterocycles. The Morgan fingerprint density at radius 3 is 1.36 bits per heavy atom. The molecule has 0 aliphatic carbocycles. The third-order valence-electron chi connectivity index (χ3n) is 5.51. The highest BCUT2D eigenvalue weighted by Gasteiger charge is 1.96. The molecule has 0 amide bonds. The molecule has 0 aliphatic rings. The molecule has 0 saturated carbocycles. The summed E-state index contributed by atoms with van der Waals surface area (Å²) in [7, 11) is 0. The van der Waals surface area contributed by atoms with Crippen molar-refractivity contribution in [2.75, 3.05) is 6.61 Å². The van der Waals surface area contributed by atoms with E-state index in [1.54, 1.807) is 17.1 Å². The van der Waals surface area contributed by atoms with Crippen LogP contribution in [0.25, 0.3) is 0 Å². The number of unbranched alkanes of at least 4 members (excludes halogenated alkanes) is 17. The first-order valence-electron chi connectivity index (χ1n) is 12.1. The standard InChI is InChI=1S/C25H45NO2/c1-2-3-4-5-6-7-8-9-10-11-12-13-14-15-16-17-18-19-24-28-26-22-20-25(27)21-23-26/h20-23H,2-19,24H2,1H3. The summed E-state index contributed by atoms with van der Waals surface area (Å²) in [6, 6.07) is 3.05. The molecule has 0 atom stereocenters. The second kappa shape index (κ2) is 19.1. The van der Waals surface area contributed by atoms with Gasteiger partial charge in [0.15, 0.2) is 5.43 Å². The Hall–Kier alpha value is -1.25. The Balaban J connectivity index is 1.71. The highest BCUT2D eigenvalue weighted by Crippen LogP contribution is 2.14. The Labute approximate surface area is 173 Å². The molecule has 3 heteroatoms. The molecule has 0 fully saturated rings. The Morgan fingerprint density at radius 2 is 0.964 bits per heavy atom. The fourth-order valence-electron chi connectivity index (χ4n) is 3.66. The van der Waals surface area contributed by atoms with Crippen molar-refractivity contribution in [3.8, 4) is 0 Å². The van der Waals surface area contributed by atoms with Gasteiger partial charge in [-0.25, -0.2) is 0 Å². The molecular formula is C25H45NO2. The second-order valence-electron chi connectivity index (χ2n) is 8.24. The summed E-state index contributed by atoms with van der Waals surface area (Å²) in [5, 5.41) is 0. The summed E-state index contributed by atoms with van der Waals surface area (Å²) >= 11 is 0. The summed E-state index contributed by atoms with van der Waals surface area (Å²) in [4.78, 5) is 16.6. The molecule has 0 radical (unpaired) electrons. The van der Waals surface area contributed by atoms with Crippen LogP contribution in [-0.4, -0.2) is 11.3 Å². The predicted octanol–water partition coefficient (Wildman–Crippen LogP) is 7.32. The van der Waals surface area contributed by atoms with Gasteiger partial charge in [-0.2, -0.15) is 4.73 Å². The first kappa shape index (κ1) is 24.8. The largest absolute Gasteiger partial charge is 0.414 e. The van der Waals surface area contributed by atoms with Crippen LogP contribution < -0.4 is 10.3 Å². The van der Waals surface area contributed by atoms with Gasteiger partial charge in [-0.15, -0.1) is 0 Å². The van der Waals surface area contributed by atoms with Gasteiger partial charge in [-0.3, -0.25) is 4.79 Å². The molecule has 0 saturated heterocycles. The maximum atomic E-state index is 11.0. The van der Waals surface area contributed by atoms with Gasteiger partial charge in [0.05, 0.1) is 0 Å². The minimum atomic E-state index is 0.0213. The van der Waals surface area contributed by atoms with Gasteiger partial charge in [0.2, 0.25) is 0 Å². The van der Waals surface area contributed by atoms with Crippen LogP contribution in [0.3, 0.4) is 0 Å². The van der Waals surface area contributed by atoms with E-state index in [4.69, 9.17) is 4.84 Å². The van der Waals surface area contributed by atoms with Crippen LogP contribution in [0.1, 0.15) is 122 Å². The number of aromatic nitrogens is 1. The molecule has 0 unspecified atom stereocenters. The van der Waals surface area contributed by atoms with Crippen molar-refractivity contribution in [1.29, 1.82) is 0 Å². The fourth-order valence-corrected chi connectivity index (χ4v) is 3.66. The van der Waals surface area contributed by atoms with E-state index in [0.717, 1.165) is 13.0 Å². The van der Waals surface area contributed by atoms with Gasteiger partial charge >= 0.3 is 0 Å². The fraction of sp³-hybridized carbons (Fsp3) is 0.800. The van der Waals surface area contributed by atoms with Crippen LogP contribution in [-0.2, 0) is 0 Å². The SMILES string of the molecule is CCCCCCCCCCCCCCCCCCCCOn1ccc(=O)cc1. The Bertz CT molecular complexity index is 477. The summed E-state index contributed by atoms with van der Waals surface area (Å²) in [5.74, 6) is 0. The topological polar surface area (TPSA) is 31.2 Å². The quantitative estimate of drug-likeness (QED) is 0.218. The van der Waals surface area contributed by atoms with Gasteiger partial charge in [0.25, 0.3) is 0 Å². The highest BCUT2D eigenvalue weighted by atomic mass is 16.7. The third-order valence-corrected chi connectivity index (χ3v) is 5.51. The highest BCUT2D eigenvalue weighted by molar-refractivity contribution is 4.91. The molecule has 162 valence electrons. The third kappa shape index (κ3) is 15.8. The molecule has 0 bridgehead atoms. The van der Waals surface area contributed by atoms with Gasteiger partial charge in [-0.1, -0.05) is 110 Å². The van der Waals surface area contributed by atoms with E-state index in [1.165, 1.54) is 121 Å². The Kier molecular flexibility index (Phi) is 16.9. The zero-order chi connectivity index (χ0) is 20.1. The zero-order valence-electron chi connectivity index (χ0n) is 18.5. The van der Waals surface area contributed by atoms with E-state index in [1.807, 2.05) is 0 Å². The van der Waals surface area contributed by atoms with Crippen molar-refractivity contribution in [1.82, 2.24) is 4.73 Å². The van der Waals surface area contributed by atoms with Crippen LogP contribution in [0.15, 0.2) is 29.3 Å². The molecule has 1 aromatic rings. The maximum Gasteiger partial charge on any atom is 0.181 e. The van der Waals surface area contributed by atoms with Crippen molar-refractivity contribution < 1.29 is 4.84 Å². The smallest absolute Gasteiger partial charge is 0.181 e. The monoisotopic (exact) mass is 391 g/mol. The van der Waals surface area contributed by atoms with E-state index in [0.29, 0.717) is 0 Å². The summed E-state index contributed by atoms with van der Waals surface area (Å²) in [6.45, 7) is 3.01. The number of hydrogen-bond donors (Lipinski definition) is 0. The average Bonchev–Trinajstić information content (AvgIpc) is 2.71. The molecule has 0 aliphatic heterocycles. The zero-order valence-corrected chi connectivity index (χ0v) is 18.5. The van der Waals surface area contributed by atoms with Crippen molar-refractivity contribution in [2.45, 2.75) is 122 Å². The van der Waals surface area contributed by atoms with E-state index in [2.05, 4.69) is 6.92 Å². The minimum Gasteiger partial charge on any atom is -0.414 e. The molecule has 1 rings (SSSR count). The molecule has 0 spiro atoms. The lowest BCUT2D eigenvalue weighted by molar-refractivity contribution is 0.105. The van der Waals surface area contributed by atoms with Crippen molar-refractivity contribution in [2.24, 2.45) is 0 Å². The second-order valence-corrected chi connectivity index (χ2v) is 8.24. The molecule has 1 heterocycles. The van der Waals surface area contributed by atoms with E-state index in [-0.39, 0.29) is 5.43 Å². The molecule has 28 heavy (non-hydrogen) atoms. The van der Waals surface area contributed by atoms with E-state index < -0.39 is 0 Å². The first-order chi connectivity index (χ1) is 13.8. The number of nitrogens with zero attached hydrogens (tertiary/aromatic N) is 1. The lowest BCUT2D eigenvalue weighted by Gasteiger charge is -2.08. The van der Waals surface area contributed by atoms with Gasteiger partial charge in [-0.05, 0) is 12.8 Å². The number of pyridine rings is 1. The van der Waals surface area contributed by atoms with Crippen LogP contribution in [0.4, 0.5) is 0 Å². The van der Waals surface area contributed by atoms with Crippen LogP contribution in [0, 0.1) is 0 Å². The summed E-state index contributed by atoms with van der Waals surface area (Å²) in [6.07, 6.45) is 28.4. The van der Waals surface area contributed by atoms with Crippen LogP contribution in [0.5, 0.6) is 0 Å². The first-order valence-corrected chi connectivity index (χ1v) is 12.1. The number of hydrogen-bond acceptors (Lipinski definition) is 2. The van der Waals surface area contributed by atoms with E-state index >= 15 is 0 Å². The van der Waals surface area contributed by atoms with Crippen LogP contribution in [0.2, 0.25) is 0 Å². The predicted molar refractivity (Wildman–Crippen MR) is 121 cm³/mol. The van der Waals surface area contributed by atoms with Crippen molar-refractivity contribution in [3.05, 3.63) is 34.7 Å². The normalized spacial score (nSPS) is 11.0. The molecule has 0 aromatic carbocycles.